The summed E-state index contributed by atoms with van der Waals surface area (Å²) in [5.41, 5.74) is 0.787. The summed E-state index contributed by atoms with van der Waals surface area (Å²) < 4.78 is 0. The molecule has 2 aromatic heterocycles. The van der Waals surface area contributed by atoms with Crippen LogP contribution >= 0.6 is 0 Å². The third-order valence-corrected chi connectivity index (χ3v) is 6.65. The lowest BCUT2D eigenvalue weighted by Gasteiger charge is -2.29. The van der Waals surface area contributed by atoms with Crippen molar-refractivity contribution in [2.24, 2.45) is 0 Å². The molecule has 2 aliphatic heterocycles. The van der Waals surface area contributed by atoms with Gasteiger partial charge in [0, 0.05) is 38.4 Å². The van der Waals surface area contributed by atoms with Gasteiger partial charge in [-0.25, -0.2) is 4.98 Å². The summed E-state index contributed by atoms with van der Waals surface area (Å²) in [5, 5.41) is 4.69. The smallest absolute Gasteiger partial charge is 0.229 e. The van der Waals surface area contributed by atoms with Gasteiger partial charge in [-0.3, -0.25) is 0 Å². The van der Waals surface area contributed by atoms with Gasteiger partial charge in [-0.2, -0.15) is 15.0 Å². The van der Waals surface area contributed by atoms with E-state index in [1.54, 1.807) is 0 Å². The van der Waals surface area contributed by atoms with Gasteiger partial charge in [0.1, 0.15) is 5.82 Å². The van der Waals surface area contributed by atoms with E-state index >= 15 is 0 Å². The Morgan fingerprint density at radius 3 is 1.97 bits per heavy atom. The number of nitrogens with zero attached hydrogens (tertiary/aromatic N) is 6. The van der Waals surface area contributed by atoms with E-state index in [4.69, 9.17) is 19.9 Å². The zero-order valence-corrected chi connectivity index (χ0v) is 17.4. The summed E-state index contributed by atoms with van der Waals surface area (Å²) in [5.74, 6) is 2.58. The molecule has 0 unspecified atom stereocenters. The molecule has 0 atom stereocenters. The number of anilines is 3. The maximum absolute atomic E-state index is 4.97. The van der Waals surface area contributed by atoms with Gasteiger partial charge in [-0.1, -0.05) is 19.3 Å². The molecule has 0 radical (unpaired) electrons. The molecule has 1 saturated carbocycles. The molecule has 1 aliphatic carbocycles. The Hall–Kier alpha value is -2.18. The van der Waals surface area contributed by atoms with Crippen LogP contribution in [0.2, 0.25) is 0 Å². The largest absolute Gasteiger partial charge is 0.367 e. The van der Waals surface area contributed by atoms with Crippen LogP contribution < -0.4 is 15.1 Å². The Balaban J connectivity index is 1.50. The summed E-state index contributed by atoms with van der Waals surface area (Å²) in [7, 11) is 0. The summed E-state index contributed by atoms with van der Waals surface area (Å²) in [4.78, 5) is 24.1. The molecule has 0 bridgehead atoms. The molecule has 7 heteroatoms. The standard InChI is InChI=1S/C22H33N7/c1-4-10-17(11-5-1)24-19-18-16-23-21(28-12-6-2-7-13-28)25-20(18)27-22(26-19)29-14-8-3-9-15-29/h16-17H,1-15H2,(H,23,24,25,26,27). The van der Waals surface area contributed by atoms with Crippen LogP contribution in [0.25, 0.3) is 11.0 Å². The van der Waals surface area contributed by atoms with Crippen molar-refractivity contribution in [1.82, 2.24) is 19.9 Å². The van der Waals surface area contributed by atoms with E-state index < -0.39 is 0 Å². The number of rotatable bonds is 4. The van der Waals surface area contributed by atoms with Gasteiger partial charge in [0.05, 0.1) is 5.39 Å². The molecule has 4 heterocycles. The van der Waals surface area contributed by atoms with Gasteiger partial charge in [0.2, 0.25) is 11.9 Å². The lowest BCUT2D eigenvalue weighted by Crippen LogP contribution is -2.32. The van der Waals surface area contributed by atoms with Crippen LogP contribution in [0, 0.1) is 0 Å². The van der Waals surface area contributed by atoms with Crippen LogP contribution in [0.15, 0.2) is 6.20 Å². The first-order valence-corrected chi connectivity index (χ1v) is 11.7. The molecule has 156 valence electrons. The van der Waals surface area contributed by atoms with Crippen LogP contribution in [0.4, 0.5) is 17.7 Å². The van der Waals surface area contributed by atoms with E-state index in [1.165, 1.54) is 70.6 Å². The molecule has 2 saturated heterocycles. The minimum atomic E-state index is 0.498. The predicted molar refractivity (Wildman–Crippen MR) is 118 cm³/mol. The predicted octanol–water partition coefficient (Wildman–Crippen LogP) is 4.15. The number of hydrogen-bond acceptors (Lipinski definition) is 7. The van der Waals surface area contributed by atoms with Crippen molar-refractivity contribution < 1.29 is 0 Å². The van der Waals surface area contributed by atoms with Crippen LogP contribution in [-0.2, 0) is 0 Å². The zero-order chi connectivity index (χ0) is 19.5. The van der Waals surface area contributed by atoms with Crippen LogP contribution in [0.1, 0.15) is 70.6 Å². The molecule has 5 rings (SSSR count). The highest BCUT2D eigenvalue weighted by atomic mass is 15.3. The first-order chi connectivity index (χ1) is 14.4. The second-order valence-electron chi connectivity index (χ2n) is 8.85. The fraction of sp³-hybridized carbons (Fsp3) is 0.727. The molecule has 0 amide bonds. The van der Waals surface area contributed by atoms with Crippen molar-refractivity contribution in [3.63, 3.8) is 0 Å². The second-order valence-corrected chi connectivity index (χ2v) is 8.85. The normalized spacial score (nSPS) is 21.5. The first-order valence-electron chi connectivity index (χ1n) is 11.7. The summed E-state index contributed by atoms with van der Waals surface area (Å²) >= 11 is 0. The summed E-state index contributed by atoms with van der Waals surface area (Å²) in [6, 6.07) is 0.498. The minimum Gasteiger partial charge on any atom is -0.367 e. The number of nitrogens with one attached hydrogen (secondary N) is 1. The van der Waals surface area contributed by atoms with E-state index in [1.807, 2.05) is 6.20 Å². The maximum Gasteiger partial charge on any atom is 0.229 e. The summed E-state index contributed by atoms with van der Waals surface area (Å²) in [6.45, 7) is 4.17. The molecule has 1 N–H and O–H groups in total. The Kier molecular flexibility index (Phi) is 5.63. The Morgan fingerprint density at radius 2 is 1.28 bits per heavy atom. The molecule has 2 aromatic rings. The van der Waals surface area contributed by atoms with Crippen molar-refractivity contribution in [2.45, 2.75) is 76.7 Å². The average molecular weight is 396 g/mol. The van der Waals surface area contributed by atoms with E-state index in [-0.39, 0.29) is 0 Å². The molecule has 0 aromatic carbocycles. The van der Waals surface area contributed by atoms with Crippen molar-refractivity contribution in [3.8, 4) is 0 Å². The quantitative estimate of drug-likeness (QED) is 0.834. The van der Waals surface area contributed by atoms with Gasteiger partial charge < -0.3 is 15.1 Å². The fourth-order valence-electron chi connectivity index (χ4n) is 4.93. The first kappa shape index (κ1) is 18.8. The van der Waals surface area contributed by atoms with Gasteiger partial charge in [-0.15, -0.1) is 0 Å². The fourth-order valence-corrected chi connectivity index (χ4v) is 4.93. The molecule has 7 nitrogen and oxygen atoms in total. The zero-order valence-electron chi connectivity index (χ0n) is 17.4. The molecule has 0 spiro atoms. The van der Waals surface area contributed by atoms with Crippen molar-refractivity contribution in [1.29, 1.82) is 0 Å². The van der Waals surface area contributed by atoms with Crippen LogP contribution in [-0.4, -0.2) is 52.2 Å². The highest BCUT2D eigenvalue weighted by Crippen LogP contribution is 2.28. The van der Waals surface area contributed by atoms with E-state index in [9.17, 15) is 0 Å². The van der Waals surface area contributed by atoms with E-state index in [0.717, 1.165) is 54.9 Å². The highest BCUT2D eigenvalue weighted by Gasteiger charge is 2.21. The molecule has 3 fully saturated rings. The topological polar surface area (TPSA) is 70.1 Å². The SMILES string of the molecule is c1nc(N2CCCCC2)nc2nc(N3CCCCC3)nc(NC3CCCCC3)c12. The number of hydrogen-bond donors (Lipinski definition) is 1. The Labute approximate surface area is 173 Å². The monoisotopic (exact) mass is 395 g/mol. The number of piperidine rings is 2. The van der Waals surface area contributed by atoms with Gasteiger partial charge in [0.25, 0.3) is 0 Å². The van der Waals surface area contributed by atoms with Crippen molar-refractivity contribution in [2.75, 3.05) is 41.3 Å². The number of fused-ring (bicyclic) bond motifs is 1. The maximum atomic E-state index is 4.97. The van der Waals surface area contributed by atoms with Crippen molar-refractivity contribution in [3.05, 3.63) is 6.20 Å². The average Bonchev–Trinajstić information content (AvgIpc) is 2.80. The molecular formula is C22H33N7. The lowest BCUT2D eigenvalue weighted by atomic mass is 9.95. The van der Waals surface area contributed by atoms with Gasteiger partial charge >= 0.3 is 0 Å². The summed E-state index contributed by atoms with van der Waals surface area (Å²) in [6.07, 6.45) is 15.8. The number of aromatic nitrogens is 4. The Morgan fingerprint density at radius 1 is 0.690 bits per heavy atom. The third kappa shape index (κ3) is 4.23. The molecule has 29 heavy (non-hydrogen) atoms. The second kappa shape index (κ2) is 8.67. The minimum absolute atomic E-state index is 0.498. The van der Waals surface area contributed by atoms with Crippen molar-refractivity contribution >= 4 is 28.7 Å². The van der Waals surface area contributed by atoms with E-state index in [0.29, 0.717) is 6.04 Å². The lowest BCUT2D eigenvalue weighted by molar-refractivity contribution is 0.462. The third-order valence-electron chi connectivity index (χ3n) is 6.65. The molecule has 3 aliphatic rings. The Bertz CT molecular complexity index is 816. The van der Waals surface area contributed by atoms with Gasteiger partial charge in [0.15, 0.2) is 5.65 Å². The van der Waals surface area contributed by atoms with Crippen LogP contribution in [0.3, 0.4) is 0 Å². The van der Waals surface area contributed by atoms with E-state index in [2.05, 4.69) is 15.1 Å². The van der Waals surface area contributed by atoms with Crippen LogP contribution in [0.5, 0.6) is 0 Å². The highest BCUT2D eigenvalue weighted by molar-refractivity contribution is 5.87. The molecular weight excluding hydrogens is 362 g/mol. The van der Waals surface area contributed by atoms with Gasteiger partial charge in [-0.05, 0) is 51.4 Å².